The number of sulfonamides is 1. The highest BCUT2D eigenvalue weighted by Gasteiger charge is 2.29. The van der Waals surface area contributed by atoms with E-state index in [1.165, 1.54) is 18.2 Å². The molecule has 1 saturated heterocycles. The van der Waals surface area contributed by atoms with Crippen molar-refractivity contribution in [2.24, 2.45) is 5.92 Å². The Hall–Kier alpha value is -2.06. The number of hydrogen-bond acceptors (Lipinski definition) is 5. The van der Waals surface area contributed by atoms with E-state index in [0.29, 0.717) is 30.5 Å². The number of hydrogen-bond donors (Lipinski definition) is 1. The lowest BCUT2D eigenvalue weighted by Gasteiger charge is -2.12. The topological polar surface area (TPSA) is 85.4 Å². The summed E-state index contributed by atoms with van der Waals surface area (Å²) in [7, 11) is -3.80. The van der Waals surface area contributed by atoms with Gasteiger partial charge in [-0.25, -0.2) is 17.5 Å². The summed E-state index contributed by atoms with van der Waals surface area (Å²) in [6, 6.07) is 5.59. The maximum absolute atomic E-state index is 13.7. The maximum atomic E-state index is 13.7. The normalized spacial score (nSPS) is 20.4. The van der Waals surface area contributed by atoms with Crippen molar-refractivity contribution in [2.45, 2.75) is 25.2 Å². The quantitative estimate of drug-likeness (QED) is 0.863. The zero-order valence-electron chi connectivity index (χ0n) is 14.1. The first-order valence-corrected chi connectivity index (χ1v) is 10.3. The van der Waals surface area contributed by atoms with Crippen molar-refractivity contribution in [1.29, 1.82) is 0 Å². The zero-order valence-corrected chi connectivity index (χ0v) is 14.9. The molecular weight excluding hydrogens is 359 g/mol. The molecule has 1 atom stereocenters. The van der Waals surface area contributed by atoms with E-state index in [1.807, 2.05) is 0 Å². The van der Waals surface area contributed by atoms with Gasteiger partial charge in [0.25, 0.3) is 5.91 Å². The van der Waals surface area contributed by atoms with E-state index >= 15 is 0 Å². The van der Waals surface area contributed by atoms with Crippen LogP contribution >= 0.6 is 0 Å². The third-order valence-corrected chi connectivity index (χ3v) is 6.16. The van der Waals surface area contributed by atoms with Crippen molar-refractivity contribution in [3.63, 3.8) is 0 Å². The van der Waals surface area contributed by atoms with Crippen LogP contribution in [0.2, 0.25) is 0 Å². The molecule has 2 aliphatic rings. The smallest absolute Gasteiger partial charge is 0.265 e. The number of amides is 1. The first-order valence-electron chi connectivity index (χ1n) is 8.64. The van der Waals surface area contributed by atoms with E-state index in [9.17, 15) is 17.6 Å². The van der Waals surface area contributed by atoms with Crippen LogP contribution in [0.1, 0.15) is 41.2 Å². The predicted octanol–water partition coefficient (Wildman–Crippen LogP) is 2.35. The van der Waals surface area contributed by atoms with Crippen LogP contribution in [-0.4, -0.2) is 38.3 Å². The van der Waals surface area contributed by atoms with E-state index in [4.69, 9.17) is 4.74 Å². The van der Waals surface area contributed by atoms with Crippen molar-refractivity contribution in [1.82, 2.24) is 9.71 Å². The number of ether oxygens (including phenoxy) is 1. The number of pyridine rings is 1. The van der Waals surface area contributed by atoms with Gasteiger partial charge in [0.05, 0.1) is 23.4 Å². The molecular formula is C18H19FN2O4S. The average Bonchev–Trinajstić information content (AvgIpc) is 3.31. The molecule has 1 saturated carbocycles. The highest BCUT2D eigenvalue weighted by Crippen LogP contribution is 2.40. The molecule has 0 unspecified atom stereocenters. The third kappa shape index (κ3) is 3.71. The second kappa shape index (κ2) is 6.59. The summed E-state index contributed by atoms with van der Waals surface area (Å²) in [6.07, 6.45) is 2.63. The zero-order chi connectivity index (χ0) is 18.3. The van der Waals surface area contributed by atoms with Crippen LogP contribution in [0.3, 0.4) is 0 Å². The number of aromatic nitrogens is 1. The van der Waals surface area contributed by atoms with Crippen LogP contribution in [0.25, 0.3) is 10.9 Å². The van der Waals surface area contributed by atoms with Crippen molar-refractivity contribution < 1.29 is 22.3 Å². The average molecular weight is 378 g/mol. The van der Waals surface area contributed by atoms with Crippen LogP contribution in [0.15, 0.2) is 24.3 Å². The summed E-state index contributed by atoms with van der Waals surface area (Å²) in [6.45, 7) is 0.914. The molecule has 0 radical (unpaired) electrons. The molecule has 1 aliphatic carbocycles. The molecule has 0 bridgehead atoms. The Labute approximate surface area is 150 Å². The van der Waals surface area contributed by atoms with Gasteiger partial charge in [-0.3, -0.25) is 9.78 Å². The van der Waals surface area contributed by atoms with Crippen LogP contribution in [0.4, 0.5) is 4.39 Å². The van der Waals surface area contributed by atoms with Gasteiger partial charge in [-0.1, -0.05) is 0 Å². The molecule has 1 aromatic carbocycles. The van der Waals surface area contributed by atoms with Crippen LogP contribution < -0.4 is 4.72 Å². The molecule has 2 heterocycles. The highest BCUT2D eigenvalue weighted by molar-refractivity contribution is 7.90. The van der Waals surface area contributed by atoms with E-state index in [2.05, 4.69) is 9.71 Å². The number of nitrogens with one attached hydrogen (secondary N) is 1. The Morgan fingerprint density at radius 3 is 2.77 bits per heavy atom. The van der Waals surface area contributed by atoms with Crippen molar-refractivity contribution >= 4 is 26.8 Å². The van der Waals surface area contributed by atoms with Crippen molar-refractivity contribution in [2.75, 3.05) is 19.0 Å². The number of halogens is 1. The lowest BCUT2D eigenvalue weighted by molar-refractivity contribution is 0.0982. The minimum Gasteiger partial charge on any atom is -0.381 e. The van der Waals surface area contributed by atoms with Crippen LogP contribution in [0, 0.1) is 11.7 Å². The number of fused-ring (bicyclic) bond motifs is 1. The third-order valence-electron chi connectivity index (χ3n) is 4.76. The van der Waals surface area contributed by atoms with Gasteiger partial charge in [0.1, 0.15) is 5.82 Å². The molecule has 26 heavy (non-hydrogen) atoms. The summed E-state index contributed by atoms with van der Waals surface area (Å²) in [4.78, 5) is 17.2. The molecule has 0 spiro atoms. The largest absolute Gasteiger partial charge is 0.381 e. The minimum absolute atomic E-state index is 0.117. The Morgan fingerprint density at radius 2 is 2.08 bits per heavy atom. The number of nitrogens with zero attached hydrogens (tertiary/aromatic N) is 1. The number of carbonyl (C=O) groups is 1. The van der Waals surface area contributed by atoms with Gasteiger partial charge in [0, 0.05) is 29.5 Å². The first kappa shape index (κ1) is 17.4. The monoisotopic (exact) mass is 378 g/mol. The Balaban J connectivity index is 1.65. The molecule has 138 valence electrons. The first-order chi connectivity index (χ1) is 12.4. The van der Waals surface area contributed by atoms with E-state index in [1.54, 1.807) is 6.07 Å². The molecule has 4 rings (SSSR count). The SMILES string of the molecule is O=C(NS(=O)(=O)C[C@H]1CCOC1)c1cc(C2CC2)nc2ccc(F)cc12. The summed E-state index contributed by atoms with van der Waals surface area (Å²) in [5, 5.41) is 0.311. The fourth-order valence-electron chi connectivity index (χ4n) is 3.26. The van der Waals surface area contributed by atoms with Gasteiger partial charge in [-0.15, -0.1) is 0 Å². The Kier molecular flexibility index (Phi) is 4.40. The lowest BCUT2D eigenvalue weighted by Crippen LogP contribution is -2.35. The van der Waals surface area contributed by atoms with Gasteiger partial charge in [0.2, 0.25) is 10.0 Å². The number of benzene rings is 1. The summed E-state index contributed by atoms with van der Waals surface area (Å²) in [5.41, 5.74) is 1.38. The number of carbonyl (C=O) groups excluding carboxylic acids is 1. The standard InChI is InChI=1S/C18H19FN2O4S/c19-13-3-4-16-14(7-13)15(8-17(20-16)12-1-2-12)18(22)21-26(23,24)10-11-5-6-25-9-11/h3-4,7-8,11-12H,1-2,5-6,9-10H2,(H,21,22)/t11-/m0/s1. The molecule has 2 fully saturated rings. The predicted molar refractivity (Wildman–Crippen MR) is 93.9 cm³/mol. The van der Waals surface area contributed by atoms with E-state index in [-0.39, 0.29) is 23.2 Å². The molecule has 1 amide bonds. The highest BCUT2D eigenvalue weighted by atomic mass is 32.2. The molecule has 6 nitrogen and oxygen atoms in total. The fourth-order valence-corrected chi connectivity index (χ4v) is 4.62. The molecule has 8 heteroatoms. The molecule has 2 aromatic rings. The maximum Gasteiger partial charge on any atom is 0.265 e. The Morgan fingerprint density at radius 1 is 1.27 bits per heavy atom. The minimum atomic E-state index is -3.80. The molecule has 1 aromatic heterocycles. The second-order valence-corrected chi connectivity index (χ2v) is 8.74. The van der Waals surface area contributed by atoms with Gasteiger partial charge < -0.3 is 4.74 Å². The number of rotatable bonds is 5. The second-order valence-electron chi connectivity index (χ2n) is 6.97. The van der Waals surface area contributed by atoms with Crippen molar-refractivity contribution in [3.8, 4) is 0 Å². The Bertz CT molecular complexity index is 967. The lowest BCUT2D eigenvalue weighted by atomic mass is 10.1. The van der Waals surface area contributed by atoms with Gasteiger partial charge in [-0.05, 0) is 43.5 Å². The van der Waals surface area contributed by atoms with E-state index < -0.39 is 21.7 Å². The molecule has 1 aliphatic heterocycles. The van der Waals surface area contributed by atoms with Gasteiger partial charge in [0.15, 0.2) is 0 Å². The van der Waals surface area contributed by atoms with Crippen LogP contribution in [0.5, 0.6) is 0 Å². The fraction of sp³-hybridized carbons (Fsp3) is 0.444. The molecule has 1 N–H and O–H groups in total. The van der Waals surface area contributed by atoms with Crippen LogP contribution in [-0.2, 0) is 14.8 Å². The van der Waals surface area contributed by atoms with Crippen molar-refractivity contribution in [3.05, 3.63) is 41.3 Å². The van der Waals surface area contributed by atoms with E-state index in [0.717, 1.165) is 18.5 Å². The summed E-state index contributed by atoms with van der Waals surface area (Å²) >= 11 is 0. The van der Waals surface area contributed by atoms with Gasteiger partial charge in [-0.2, -0.15) is 0 Å². The summed E-state index contributed by atoms with van der Waals surface area (Å²) < 4.78 is 45.6. The van der Waals surface area contributed by atoms with Gasteiger partial charge >= 0.3 is 0 Å². The summed E-state index contributed by atoms with van der Waals surface area (Å²) in [5.74, 6) is -1.24.